The number of thiophene rings is 1. The molecule has 10 nitrogen and oxygen atoms in total. The highest BCUT2D eigenvalue weighted by Crippen LogP contribution is 2.38. The van der Waals surface area contributed by atoms with Gasteiger partial charge in [-0.05, 0) is 91.8 Å². The fourth-order valence-corrected chi connectivity index (χ4v) is 7.35. The molecule has 3 N–H and O–H groups in total. The molecule has 12 heteroatoms. The summed E-state index contributed by atoms with van der Waals surface area (Å²) < 4.78 is 0. The van der Waals surface area contributed by atoms with Crippen molar-refractivity contribution in [3.05, 3.63) is 122 Å². The summed E-state index contributed by atoms with van der Waals surface area (Å²) in [5.41, 5.74) is 2.72. The van der Waals surface area contributed by atoms with Gasteiger partial charge in [0.1, 0.15) is 16.8 Å². The maximum absolute atomic E-state index is 13.5. The molecule has 3 amide bonds. The number of aryl methyl sites for hydroxylation is 1. The van der Waals surface area contributed by atoms with Crippen molar-refractivity contribution in [1.29, 1.82) is 5.26 Å². The van der Waals surface area contributed by atoms with Crippen molar-refractivity contribution in [2.75, 3.05) is 10.6 Å². The van der Waals surface area contributed by atoms with E-state index in [1.165, 1.54) is 58.3 Å². The Bertz CT molecular complexity index is 1880. The average molecular weight is 666 g/mol. The van der Waals surface area contributed by atoms with Crippen LogP contribution in [0.5, 0.6) is 0 Å². The van der Waals surface area contributed by atoms with E-state index >= 15 is 0 Å². The maximum atomic E-state index is 13.5. The first-order chi connectivity index (χ1) is 22.7. The van der Waals surface area contributed by atoms with E-state index in [2.05, 4.69) is 22.0 Å². The van der Waals surface area contributed by atoms with Gasteiger partial charge in [0.05, 0.1) is 15.7 Å². The smallest absolute Gasteiger partial charge is 0.272 e. The standard InChI is InChI=1S/C35H31N5O5S2/c1-2-30(34(43)39-35-28(21-36)27-13-6-7-14-31(27)47-35)46-26-12-8-11-24(20-26)37-33(42)29(38-32(41)23-9-4-3-5-10-23)19-22-15-17-25(18-16-22)40(44)45/h3-5,8-12,15-20,30H,2,6-7,13-14H2,1H3,(H,37,42)(H,38,41)(H,39,43)/b29-19+. The van der Waals surface area contributed by atoms with Gasteiger partial charge < -0.3 is 16.0 Å². The number of anilines is 2. The predicted molar refractivity (Wildman–Crippen MR) is 184 cm³/mol. The number of nitrogens with one attached hydrogen (secondary N) is 3. The van der Waals surface area contributed by atoms with Crippen LogP contribution in [0.3, 0.4) is 0 Å². The Morgan fingerprint density at radius 1 is 1.02 bits per heavy atom. The van der Waals surface area contributed by atoms with Gasteiger partial charge in [0.15, 0.2) is 0 Å². The second-order valence-corrected chi connectivity index (χ2v) is 13.1. The fraction of sp³-hybridized carbons (Fsp3) is 0.200. The largest absolute Gasteiger partial charge is 0.321 e. The number of rotatable bonds is 11. The van der Waals surface area contributed by atoms with Crippen molar-refractivity contribution >= 4 is 63.3 Å². The van der Waals surface area contributed by atoms with Crippen LogP contribution in [0.2, 0.25) is 0 Å². The van der Waals surface area contributed by atoms with Crippen LogP contribution in [-0.2, 0) is 22.4 Å². The fourth-order valence-electron chi connectivity index (χ4n) is 5.10. The molecule has 238 valence electrons. The molecule has 1 unspecified atom stereocenters. The second-order valence-electron chi connectivity index (χ2n) is 10.7. The molecule has 1 atom stereocenters. The topological polar surface area (TPSA) is 154 Å². The Kier molecular flexibility index (Phi) is 10.8. The van der Waals surface area contributed by atoms with E-state index in [1.807, 2.05) is 13.0 Å². The van der Waals surface area contributed by atoms with Gasteiger partial charge in [-0.3, -0.25) is 24.5 Å². The van der Waals surface area contributed by atoms with Gasteiger partial charge in [-0.2, -0.15) is 5.26 Å². The van der Waals surface area contributed by atoms with Gasteiger partial charge in [0, 0.05) is 33.2 Å². The Labute approximate surface area is 280 Å². The van der Waals surface area contributed by atoms with Gasteiger partial charge in [0.2, 0.25) is 5.91 Å². The van der Waals surface area contributed by atoms with Crippen LogP contribution in [-0.4, -0.2) is 27.9 Å². The molecule has 0 bridgehead atoms. The molecule has 1 aromatic heterocycles. The second kappa shape index (κ2) is 15.4. The number of hydrogen-bond acceptors (Lipinski definition) is 8. The molecule has 4 aromatic rings. The Morgan fingerprint density at radius 3 is 2.47 bits per heavy atom. The van der Waals surface area contributed by atoms with Crippen molar-refractivity contribution in [3.8, 4) is 6.07 Å². The van der Waals surface area contributed by atoms with E-state index in [4.69, 9.17) is 0 Å². The lowest BCUT2D eigenvalue weighted by Gasteiger charge is -2.15. The van der Waals surface area contributed by atoms with Crippen LogP contribution >= 0.6 is 23.1 Å². The first kappa shape index (κ1) is 33.1. The molecule has 0 saturated heterocycles. The highest BCUT2D eigenvalue weighted by molar-refractivity contribution is 8.00. The van der Waals surface area contributed by atoms with Crippen molar-refractivity contribution < 1.29 is 19.3 Å². The first-order valence-electron chi connectivity index (χ1n) is 15.0. The van der Waals surface area contributed by atoms with Crippen LogP contribution in [0, 0.1) is 21.4 Å². The summed E-state index contributed by atoms with van der Waals surface area (Å²) in [6, 6.07) is 23.3. The monoisotopic (exact) mass is 665 g/mol. The minimum atomic E-state index is -0.606. The number of non-ortho nitro benzene ring substituents is 1. The number of carbonyl (C=O) groups excluding carboxylic acids is 3. The summed E-state index contributed by atoms with van der Waals surface area (Å²) >= 11 is 2.84. The first-order valence-corrected chi connectivity index (χ1v) is 16.7. The minimum absolute atomic E-state index is 0.0662. The van der Waals surface area contributed by atoms with Crippen LogP contribution in [0.1, 0.15) is 58.1 Å². The summed E-state index contributed by atoms with van der Waals surface area (Å²) in [5, 5.41) is 29.5. The lowest BCUT2D eigenvalue weighted by molar-refractivity contribution is -0.384. The molecular weight excluding hydrogens is 635 g/mol. The number of hydrogen-bond donors (Lipinski definition) is 3. The Morgan fingerprint density at radius 2 is 1.77 bits per heavy atom. The summed E-state index contributed by atoms with van der Waals surface area (Å²) in [5.74, 6) is -1.30. The van der Waals surface area contributed by atoms with Crippen molar-refractivity contribution in [2.24, 2.45) is 0 Å². The van der Waals surface area contributed by atoms with Gasteiger partial charge in [-0.1, -0.05) is 31.2 Å². The highest BCUT2D eigenvalue weighted by Gasteiger charge is 2.25. The molecule has 0 spiro atoms. The van der Waals surface area contributed by atoms with Crippen molar-refractivity contribution in [3.63, 3.8) is 0 Å². The molecule has 0 fully saturated rings. The van der Waals surface area contributed by atoms with Crippen molar-refractivity contribution in [2.45, 2.75) is 49.2 Å². The third-order valence-corrected chi connectivity index (χ3v) is 10.1. The zero-order valence-corrected chi connectivity index (χ0v) is 27.1. The number of nitrogens with zero attached hydrogens (tertiary/aromatic N) is 2. The number of thioether (sulfide) groups is 1. The van der Waals surface area contributed by atoms with E-state index < -0.39 is 22.0 Å². The molecule has 5 rings (SSSR count). The maximum Gasteiger partial charge on any atom is 0.272 e. The van der Waals surface area contributed by atoms with E-state index in [-0.39, 0.29) is 17.3 Å². The highest BCUT2D eigenvalue weighted by atomic mass is 32.2. The molecule has 47 heavy (non-hydrogen) atoms. The molecule has 0 saturated carbocycles. The number of nitro groups is 1. The number of nitro benzene ring substituents is 1. The lowest BCUT2D eigenvalue weighted by Crippen LogP contribution is -2.30. The molecule has 1 aliphatic rings. The lowest BCUT2D eigenvalue weighted by atomic mass is 9.96. The van der Waals surface area contributed by atoms with Crippen LogP contribution in [0.4, 0.5) is 16.4 Å². The molecular formula is C35H31N5O5S2. The third kappa shape index (κ3) is 8.32. The van der Waals surface area contributed by atoms with Gasteiger partial charge >= 0.3 is 0 Å². The molecule has 0 aliphatic heterocycles. The van der Waals surface area contributed by atoms with Crippen molar-refractivity contribution in [1.82, 2.24) is 5.32 Å². The zero-order chi connectivity index (χ0) is 33.3. The van der Waals surface area contributed by atoms with Crippen LogP contribution in [0.15, 0.2) is 89.5 Å². The summed E-state index contributed by atoms with van der Waals surface area (Å²) in [6.45, 7) is 1.91. The third-order valence-electron chi connectivity index (χ3n) is 7.50. The molecule has 3 aromatic carbocycles. The van der Waals surface area contributed by atoms with E-state index in [1.54, 1.807) is 48.5 Å². The van der Waals surface area contributed by atoms with Gasteiger partial charge in [0.25, 0.3) is 17.5 Å². The SMILES string of the molecule is CCC(Sc1cccc(NC(=O)/C(=C\c2ccc([N+](=O)[O-])cc2)NC(=O)c2ccccc2)c1)C(=O)Nc1sc2c(c1C#N)CCCC2. The summed E-state index contributed by atoms with van der Waals surface area (Å²) in [7, 11) is 0. The van der Waals surface area contributed by atoms with Gasteiger partial charge in [-0.25, -0.2) is 0 Å². The summed E-state index contributed by atoms with van der Waals surface area (Å²) in [6.07, 6.45) is 5.88. The number of carbonyl (C=O) groups is 3. The van der Waals surface area contributed by atoms with Crippen LogP contribution in [0.25, 0.3) is 6.08 Å². The number of benzene rings is 3. The van der Waals surface area contributed by atoms with E-state index in [9.17, 15) is 29.8 Å². The van der Waals surface area contributed by atoms with Crippen LogP contribution < -0.4 is 16.0 Å². The minimum Gasteiger partial charge on any atom is -0.321 e. The quantitative estimate of drug-likeness (QED) is 0.0656. The van der Waals surface area contributed by atoms with Gasteiger partial charge in [-0.15, -0.1) is 23.1 Å². The molecule has 1 heterocycles. The van der Waals surface area contributed by atoms with E-state index in [0.717, 1.165) is 36.1 Å². The number of amides is 3. The Balaban J connectivity index is 1.31. The predicted octanol–water partition coefficient (Wildman–Crippen LogP) is 7.33. The molecule has 0 radical (unpaired) electrons. The average Bonchev–Trinajstić information content (AvgIpc) is 3.44. The summed E-state index contributed by atoms with van der Waals surface area (Å²) in [4.78, 5) is 52.3. The number of nitriles is 1. The zero-order valence-electron chi connectivity index (χ0n) is 25.4. The van der Waals surface area contributed by atoms with E-state index in [0.29, 0.717) is 33.8 Å². The molecule has 1 aliphatic carbocycles. The number of fused-ring (bicyclic) bond motifs is 1. The Hall–Kier alpha value is -5.25. The normalized spacial score (nSPS) is 13.1.